The highest BCUT2D eigenvalue weighted by atomic mass is 79.9. The third-order valence-corrected chi connectivity index (χ3v) is 2.03. The number of nitrogens with zero attached hydrogens (tertiary/aromatic N) is 2. The summed E-state index contributed by atoms with van der Waals surface area (Å²) in [7, 11) is 0. The van der Waals surface area contributed by atoms with Crippen molar-refractivity contribution < 1.29 is 0 Å². The van der Waals surface area contributed by atoms with E-state index < -0.39 is 0 Å². The summed E-state index contributed by atoms with van der Waals surface area (Å²) in [6.07, 6.45) is 2.72. The molecule has 0 aliphatic rings. The molecule has 0 amide bonds. The Morgan fingerprint density at radius 2 is 2.23 bits per heavy atom. The molecule has 1 heterocycles. The summed E-state index contributed by atoms with van der Waals surface area (Å²) in [6, 6.07) is 2.00. The van der Waals surface area contributed by atoms with Crippen LogP contribution in [0, 0.1) is 0 Å². The molecular weight excluding hydrogens is 228 g/mol. The zero-order chi connectivity index (χ0) is 9.84. The summed E-state index contributed by atoms with van der Waals surface area (Å²) in [6.45, 7) is 6.06. The molecule has 3 heteroatoms. The van der Waals surface area contributed by atoms with Crippen LogP contribution in [-0.2, 0) is 6.42 Å². The smallest absolute Gasteiger partial charge is 0.0855 e. The van der Waals surface area contributed by atoms with Crippen LogP contribution in [0.2, 0.25) is 0 Å². The monoisotopic (exact) mass is 240 g/mol. The summed E-state index contributed by atoms with van der Waals surface area (Å²) in [5.74, 6) is 0. The second kappa shape index (κ2) is 4.51. The standard InChI is InChI=1S/C10H13BrN2/c1-4-9-10(13-7(2)3)5-8(11)6-12-9/h5-6H,4H2,1-3H3. The lowest BCUT2D eigenvalue weighted by Gasteiger charge is -2.02. The van der Waals surface area contributed by atoms with E-state index >= 15 is 0 Å². The van der Waals surface area contributed by atoms with Crippen molar-refractivity contribution in [1.29, 1.82) is 0 Å². The van der Waals surface area contributed by atoms with Crippen molar-refractivity contribution in [2.24, 2.45) is 4.99 Å². The van der Waals surface area contributed by atoms with Crippen LogP contribution >= 0.6 is 15.9 Å². The number of pyridine rings is 1. The van der Waals surface area contributed by atoms with Crippen molar-refractivity contribution in [1.82, 2.24) is 4.98 Å². The molecule has 0 atom stereocenters. The Balaban J connectivity index is 3.16. The van der Waals surface area contributed by atoms with Gasteiger partial charge in [0.25, 0.3) is 0 Å². The van der Waals surface area contributed by atoms with Gasteiger partial charge in [-0.05, 0) is 42.3 Å². The maximum atomic E-state index is 4.42. The molecule has 0 bridgehead atoms. The van der Waals surface area contributed by atoms with Crippen LogP contribution in [0.25, 0.3) is 0 Å². The molecule has 13 heavy (non-hydrogen) atoms. The maximum Gasteiger partial charge on any atom is 0.0855 e. The second-order valence-corrected chi connectivity index (χ2v) is 3.95. The molecule has 1 rings (SSSR count). The Hall–Kier alpha value is -0.700. The van der Waals surface area contributed by atoms with Gasteiger partial charge in [-0.25, -0.2) is 0 Å². The first-order valence-corrected chi connectivity index (χ1v) is 5.09. The van der Waals surface area contributed by atoms with E-state index in [1.165, 1.54) is 0 Å². The van der Waals surface area contributed by atoms with Crippen molar-refractivity contribution in [3.63, 3.8) is 0 Å². The molecule has 1 aromatic rings. The fraction of sp³-hybridized carbons (Fsp3) is 0.400. The first kappa shape index (κ1) is 10.4. The molecule has 0 aliphatic heterocycles. The first-order chi connectivity index (χ1) is 6.13. The fourth-order valence-corrected chi connectivity index (χ4v) is 1.39. The lowest BCUT2D eigenvalue weighted by atomic mass is 10.2. The normalized spacial score (nSPS) is 9.85. The summed E-state index contributed by atoms with van der Waals surface area (Å²) in [4.78, 5) is 8.71. The van der Waals surface area contributed by atoms with Crippen LogP contribution in [-0.4, -0.2) is 10.7 Å². The van der Waals surface area contributed by atoms with Crippen LogP contribution in [0.1, 0.15) is 26.5 Å². The van der Waals surface area contributed by atoms with E-state index in [0.717, 1.165) is 28.0 Å². The Labute approximate surface area is 87.2 Å². The van der Waals surface area contributed by atoms with E-state index in [4.69, 9.17) is 0 Å². The third-order valence-electron chi connectivity index (χ3n) is 1.59. The van der Waals surface area contributed by atoms with Crippen molar-refractivity contribution in [3.8, 4) is 0 Å². The fourth-order valence-electron chi connectivity index (χ4n) is 1.07. The molecule has 0 radical (unpaired) electrons. The highest BCUT2D eigenvalue weighted by molar-refractivity contribution is 9.10. The van der Waals surface area contributed by atoms with Gasteiger partial charge in [0.05, 0.1) is 11.4 Å². The number of hydrogen-bond donors (Lipinski definition) is 0. The van der Waals surface area contributed by atoms with Gasteiger partial charge in [0.1, 0.15) is 0 Å². The van der Waals surface area contributed by atoms with Crippen LogP contribution < -0.4 is 0 Å². The Bertz CT molecular complexity index is 328. The van der Waals surface area contributed by atoms with Gasteiger partial charge in [0, 0.05) is 16.4 Å². The first-order valence-electron chi connectivity index (χ1n) is 4.29. The van der Waals surface area contributed by atoms with Gasteiger partial charge in [0.15, 0.2) is 0 Å². The zero-order valence-corrected chi connectivity index (χ0v) is 9.72. The molecule has 2 nitrogen and oxygen atoms in total. The Morgan fingerprint density at radius 3 is 2.77 bits per heavy atom. The molecule has 0 unspecified atom stereocenters. The number of aliphatic imine (C=N–C) groups is 1. The minimum Gasteiger partial charge on any atom is -0.258 e. The van der Waals surface area contributed by atoms with Crippen molar-refractivity contribution in [2.45, 2.75) is 27.2 Å². The van der Waals surface area contributed by atoms with Gasteiger partial charge in [-0.2, -0.15) is 0 Å². The average molecular weight is 241 g/mol. The third kappa shape index (κ3) is 2.92. The van der Waals surface area contributed by atoms with Crippen LogP contribution in [0.3, 0.4) is 0 Å². The molecule has 0 fully saturated rings. The zero-order valence-electron chi connectivity index (χ0n) is 8.13. The van der Waals surface area contributed by atoms with Crippen LogP contribution in [0.5, 0.6) is 0 Å². The van der Waals surface area contributed by atoms with E-state index in [0.29, 0.717) is 0 Å². The Morgan fingerprint density at radius 1 is 1.54 bits per heavy atom. The molecule has 0 saturated heterocycles. The summed E-state index contributed by atoms with van der Waals surface area (Å²) in [5.41, 5.74) is 3.07. The number of halogens is 1. The molecule has 0 spiro atoms. The van der Waals surface area contributed by atoms with E-state index in [9.17, 15) is 0 Å². The summed E-state index contributed by atoms with van der Waals surface area (Å²) < 4.78 is 0.977. The lowest BCUT2D eigenvalue weighted by molar-refractivity contribution is 1.03. The molecule has 0 aliphatic carbocycles. The predicted octanol–water partition coefficient (Wildman–Crippen LogP) is 3.52. The molecule has 1 aromatic heterocycles. The number of aryl methyl sites for hydroxylation is 1. The maximum absolute atomic E-state index is 4.42. The minimum atomic E-state index is 0.916. The predicted molar refractivity (Wildman–Crippen MR) is 59.8 cm³/mol. The van der Waals surface area contributed by atoms with E-state index in [2.05, 4.69) is 32.8 Å². The van der Waals surface area contributed by atoms with Crippen LogP contribution in [0.15, 0.2) is 21.7 Å². The second-order valence-electron chi connectivity index (χ2n) is 3.03. The Kier molecular flexibility index (Phi) is 3.60. The number of hydrogen-bond acceptors (Lipinski definition) is 2. The summed E-state index contributed by atoms with van der Waals surface area (Å²) >= 11 is 3.38. The molecule has 0 aromatic carbocycles. The van der Waals surface area contributed by atoms with E-state index in [1.807, 2.05) is 26.1 Å². The topological polar surface area (TPSA) is 25.2 Å². The highest BCUT2D eigenvalue weighted by Gasteiger charge is 2.01. The van der Waals surface area contributed by atoms with E-state index in [1.54, 1.807) is 0 Å². The SMILES string of the molecule is CCc1ncc(Br)cc1N=C(C)C. The van der Waals surface area contributed by atoms with Crippen molar-refractivity contribution >= 4 is 27.3 Å². The van der Waals surface area contributed by atoms with Gasteiger partial charge in [-0.15, -0.1) is 0 Å². The van der Waals surface area contributed by atoms with E-state index in [-0.39, 0.29) is 0 Å². The highest BCUT2D eigenvalue weighted by Crippen LogP contribution is 2.22. The molecular formula is C10H13BrN2. The van der Waals surface area contributed by atoms with Gasteiger partial charge < -0.3 is 0 Å². The molecule has 70 valence electrons. The molecule has 0 saturated carbocycles. The van der Waals surface area contributed by atoms with Crippen molar-refractivity contribution in [2.75, 3.05) is 0 Å². The largest absolute Gasteiger partial charge is 0.258 e. The van der Waals surface area contributed by atoms with Crippen LogP contribution in [0.4, 0.5) is 5.69 Å². The lowest BCUT2D eigenvalue weighted by Crippen LogP contribution is -1.89. The average Bonchev–Trinajstić information content (AvgIpc) is 2.03. The van der Waals surface area contributed by atoms with Gasteiger partial charge in [-0.1, -0.05) is 6.92 Å². The molecule has 0 N–H and O–H groups in total. The number of aromatic nitrogens is 1. The summed E-state index contributed by atoms with van der Waals surface area (Å²) in [5, 5.41) is 0. The quantitative estimate of drug-likeness (QED) is 0.727. The number of rotatable bonds is 2. The van der Waals surface area contributed by atoms with Gasteiger partial charge >= 0.3 is 0 Å². The van der Waals surface area contributed by atoms with Crippen molar-refractivity contribution in [3.05, 3.63) is 22.4 Å². The van der Waals surface area contributed by atoms with Gasteiger partial charge in [-0.3, -0.25) is 9.98 Å². The minimum absolute atomic E-state index is 0.916. The van der Waals surface area contributed by atoms with Gasteiger partial charge in [0.2, 0.25) is 0 Å².